The zero-order chi connectivity index (χ0) is 18.9. The molecule has 1 aliphatic rings. The quantitative estimate of drug-likeness (QED) is 0.779. The van der Waals surface area contributed by atoms with E-state index in [1.54, 1.807) is 19.2 Å². The summed E-state index contributed by atoms with van der Waals surface area (Å²) in [5, 5.41) is 0. The predicted octanol–water partition coefficient (Wildman–Crippen LogP) is 4.12. The first-order chi connectivity index (χ1) is 12.3. The van der Waals surface area contributed by atoms with Gasteiger partial charge in [-0.15, -0.1) is 0 Å². The summed E-state index contributed by atoms with van der Waals surface area (Å²) in [4.78, 5) is 25.5. The molecule has 3 rings (SSSR count). The Labute approximate surface area is 153 Å². The number of hydrogen-bond acceptors (Lipinski definition) is 4. The molecule has 0 aromatic heterocycles. The molecule has 0 N–H and O–H groups in total. The molecule has 2 aromatic carbocycles. The van der Waals surface area contributed by atoms with Crippen molar-refractivity contribution in [1.29, 1.82) is 0 Å². The highest BCUT2D eigenvalue weighted by Gasteiger charge is 2.52. The number of carbonyl (C=O) groups excluding carboxylic acids is 2. The fourth-order valence-electron chi connectivity index (χ4n) is 2.95. The number of amides is 1. The lowest BCUT2D eigenvalue weighted by Gasteiger charge is -2.46. The first-order valence-electron chi connectivity index (χ1n) is 8.58. The SMILES string of the molecule is CN(C(=O)Oc1ccc(-c2ccccc2)cc1)[C@H]1C(=O)O[C@@H]1C(C)(C)C. The molecule has 0 saturated carbocycles. The van der Waals surface area contributed by atoms with E-state index in [9.17, 15) is 9.59 Å². The maximum Gasteiger partial charge on any atom is 0.415 e. The van der Waals surface area contributed by atoms with Crippen LogP contribution in [0.5, 0.6) is 5.75 Å². The van der Waals surface area contributed by atoms with Crippen molar-refractivity contribution in [3.05, 3.63) is 54.6 Å². The standard InChI is InChI=1S/C21H23NO4/c1-21(2,3)18-17(19(23)26-18)22(4)20(24)25-16-12-10-15(11-13-16)14-8-6-5-7-9-14/h5-13,17-18H,1-4H3/t17-,18+/m1/s1. The summed E-state index contributed by atoms with van der Waals surface area (Å²) in [5.41, 5.74) is 1.88. The summed E-state index contributed by atoms with van der Waals surface area (Å²) in [6.45, 7) is 5.91. The average Bonchev–Trinajstić information content (AvgIpc) is 2.60. The molecular formula is C21H23NO4. The molecule has 0 spiro atoms. The van der Waals surface area contributed by atoms with Gasteiger partial charge in [0.25, 0.3) is 0 Å². The number of likely N-dealkylation sites (N-methyl/N-ethyl adjacent to an activating group) is 1. The summed E-state index contributed by atoms with van der Waals surface area (Å²) in [7, 11) is 1.56. The van der Waals surface area contributed by atoms with Gasteiger partial charge in [-0.25, -0.2) is 9.59 Å². The van der Waals surface area contributed by atoms with Crippen molar-refractivity contribution in [3.8, 4) is 16.9 Å². The third kappa shape index (κ3) is 3.57. The van der Waals surface area contributed by atoms with E-state index < -0.39 is 18.1 Å². The lowest BCUT2D eigenvalue weighted by atomic mass is 9.81. The Hall–Kier alpha value is -2.82. The van der Waals surface area contributed by atoms with Gasteiger partial charge in [-0.2, -0.15) is 0 Å². The highest BCUT2D eigenvalue weighted by Crippen LogP contribution is 2.35. The smallest absolute Gasteiger partial charge is 0.415 e. The molecule has 1 fully saturated rings. The number of carbonyl (C=O) groups is 2. The summed E-state index contributed by atoms with van der Waals surface area (Å²) in [6.07, 6.45) is -0.915. The average molecular weight is 353 g/mol. The second kappa shape index (κ2) is 6.83. The van der Waals surface area contributed by atoms with Crippen LogP contribution < -0.4 is 4.74 Å². The molecule has 0 bridgehead atoms. The Morgan fingerprint density at radius 3 is 2.12 bits per heavy atom. The number of rotatable bonds is 3. The normalized spacial score (nSPS) is 19.3. The minimum absolute atomic E-state index is 0.246. The van der Waals surface area contributed by atoms with Gasteiger partial charge in [0.2, 0.25) is 0 Å². The Morgan fingerprint density at radius 1 is 1.00 bits per heavy atom. The number of ether oxygens (including phenoxy) is 2. The summed E-state index contributed by atoms with van der Waals surface area (Å²) >= 11 is 0. The lowest BCUT2D eigenvalue weighted by Crippen LogP contribution is -2.64. The molecule has 2 aromatic rings. The van der Waals surface area contributed by atoms with Crippen LogP contribution in [-0.4, -0.2) is 36.2 Å². The van der Waals surface area contributed by atoms with Crippen molar-refractivity contribution >= 4 is 12.1 Å². The van der Waals surface area contributed by atoms with Crippen LogP contribution in [0.2, 0.25) is 0 Å². The third-order valence-corrected chi connectivity index (χ3v) is 4.50. The fourth-order valence-corrected chi connectivity index (χ4v) is 2.95. The zero-order valence-electron chi connectivity index (χ0n) is 15.4. The maximum atomic E-state index is 12.4. The van der Waals surface area contributed by atoms with Gasteiger partial charge >= 0.3 is 12.1 Å². The van der Waals surface area contributed by atoms with Crippen LogP contribution in [0, 0.1) is 5.41 Å². The van der Waals surface area contributed by atoms with E-state index in [-0.39, 0.29) is 11.5 Å². The van der Waals surface area contributed by atoms with E-state index in [1.165, 1.54) is 4.90 Å². The van der Waals surface area contributed by atoms with Gasteiger partial charge in [-0.05, 0) is 23.3 Å². The summed E-state index contributed by atoms with van der Waals surface area (Å²) in [6, 6.07) is 16.6. The van der Waals surface area contributed by atoms with E-state index in [4.69, 9.17) is 9.47 Å². The Kier molecular flexibility index (Phi) is 4.72. The summed E-state index contributed by atoms with van der Waals surface area (Å²) < 4.78 is 10.6. The van der Waals surface area contributed by atoms with Crippen LogP contribution in [-0.2, 0) is 9.53 Å². The minimum atomic E-state index is -0.619. The largest absolute Gasteiger partial charge is 0.457 e. The molecule has 0 aliphatic carbocycles. The van der Waals surface area contributed by atoms with Crippen LogP contribution in [0.15, 0.2) is 54.6 Å². The van der Waals surface area contributed by atoms with E-state index in [2.05, 4.69) is 0 Å². The number of cyclic esters (lactones) is 1. The van der Waals surface area contributed by atoms with Crippen molar-refractivity contribution in [2.75, 3.05) is 7.05 Å². The molecule has 1 saturated heterocycles. The van der Waals surface area contributed by atoms with Gasteiger partial charge < -0.3 is 9.47 Å². The highest BCUT2D eigenvalue weighted by molar-refractivity contribution is 5.87. The molecule has 136 valence electrons. The van der Waals surface area contributed by atoms with Crippen LogP contribution in [0.25, 0.3) is 11.1 Å². The molecule has 2 atom stereocenters. The maximum absolute atomic E-state index is 12.4. The van der Waals surface area contributed by atoms with Gasteiger partial charge in [0, 0.05) is 12.5 Å². The Balaban J connectivity index is 1.67. The molecular weight excluding hydrogens is 330 g/mol. The molecule has 0 radical (unpaired) electrons. The Morgan fingerprint density at radius 2 is 1.58 bits per heavy atom. The van der Waals surface area contributed by atoms with Crippen molar-refractivity contribution < 1.29 is 19.1 Å². The fraction of sp³-hybridized carbons (Fsp3) is 0.333. The van der Waals surface area contributed by atoms with Gasteiger partial charge in [-0.1, -0.05) is 63.2 Å². The van der Waals surface area contributed by atoms with Gasteiger partial charge in [0.1, 0.15) is 11.9 Å². The first-order valence-corrected chi connectivity index (χ1v) is 8.58. The number of esters is 1. The predicted molar refractivity (Wildman–Crippen MR) is 98.8 cm³/mol. The van der Waals surface area contributed by atoms with Crippen molar-refractivity contribution in [3.63, 3.8) is 0 Å². The first kappa shape index (κ1) is 18.0. The van der Waals surface area contributed by atoms with Gasteiger partial charge in [-0.3, -0.25) is 4.90 Å². The van der Waals surface area contributed by atoms with Crippen molar-refractivity contribution in [2.45, 2.75) is 32.9 Å². The topological polar surface area (TPSA) is 55.8 Å². The summed E-state index contributed by atoms with van der Waals surface area (Å²) in [5.74, 6) is 0.0327. The van der Waals surface area contributed by atoms with Crippen LogP contribution >= 0.6 is 0 Å². The van der Waals surface area contributed by atoms with Crippen molar-refractivity contribution in [2.24, 2.45) is 5.41 Å². The zero-order valence-corrected chi connectivity index (χ0v) is 15.4. The Bertz CT molecular complexity index is 793. The van der Waals surface area contributed by atoms with Gasteiger partial charge in [0.05, 0.1) is 0 Å². The van der Waals surface area contributed by atoms with Gasteiger partial charge in [0.15, 0.2) is 6.04 Å². The molecule has 1 heterocycles. The molecule has 1 aliphatic heterocycles. The molecule has 5 heteroatoms. The van der Waals surface area contributed by atoms with Crippen LogP contribution in [0.1, 0.15) is 20.8 Å². The minimum Gasteiger partial charge on any atom is -0.457 e. The number of nitrogens with zero attached hydrogens (tertiary/aromatic N) is 1. The second-order valence-corrected chi connectivity index (χ2v) is 7.54. The van der Waals surface area contributed by atoms with E-state index >= 15 is 0 Å². The van der Waals surface area contributed by atoms with E-state index in [1.807, 2.05) is 63.2 Å². The number of hydrogen-bond donors (Lipinski definition) is 0. The molecule has 1 amide bonds. The lowest BCUT2D eigenvalue weighted by molar-refractivity contribution is -0.197. The molecule has 0 unspecified atom stereocenters. The van der Waals surface area contributed by atoms with Crippen LogP contribution in [0.3, 0.4) is 0 Å². The van der Waals surface area contributed by atoms with E-state index in [0.717, 1.165) is 11.1 Å². The molecule has 26 heavy (non-hydrogen) atoms. The third-order valence-electron chi connectivity index (χ3n) is 4.50. The molecule has 5 nitrogen and oxygen atoms in total. The van der Waals surface area contributed by atoms with Crippen LogP contribution in [0.4, 0.5) is 4.79 Å². The van der Waals surface area contributed by atoms with E-state index in [0.29, 0.717) is 5.75 Å². The second-order valence-electron chi connectivity index (χ2n) is 7.54. The van der Waals surface area contributed by atoms with Crippen molar-refractivity contribution in [1.82, 2.24) is 4.90 Å². The highest BCUT2D eigenvalue weighted by atomic mass is 16.6. The number of benzene rings is 2. The monoisotopic (exact) mass is 353 g/mol.